The lowest BCUT2D eigenvalue weighted by molar-refractivity contribution is 0.110. The van der Waals surface area contributed by atoms with E-state index >= 15 is 0 Å². The minimum absolute atomic E-state index is 0.0403. The predicted molar refractivity (Wildman–Crippen MR) is 97.8 cm³/mol. The van der Waals surface area contributed by atoms with E-state index in [1.165, 1.54) is 0 Å². The van der Waals surface area contributed by atoms with Crippen LogP contribution in [0.1, 0.15) is 25.3 Å². The fourth-order valence-electron chi connectivity index (χ4n) is 2.67. The summed E-state index contributed by atoms with van der Waals surface area (Å²) in [4.78, 5) is 1.96. The van der Waals surface area contributed by atoms with E-state index in [-0.39, 0.29) is 13.2 Å². The molecule has 1 atom stereocenters. The van der Waals surface area contributed by atoms with Gasteiger partial charge in [0.05, 0.1) is 6.61 Å². The van der Waals surface area contributed by atoms with Crippen molar-refractivity contribution in [2.75, 3.05) is 31.2 Å². The second kappa shape index (κ2) is 9.30. The molecule has 2 aromatic rings. The molecule has 0 saturated carbocycles. The number of para-hydroxylation sites is 2. The summed E-state index contributed by atoms with van der Waals surface area (Å²) in [6.07, 6.45) is -0.642. The average molecular weight is 329 g/mol. The molecule has 2 rings (SSSR count). The number of hydrogen-bond acceptors (Lipinski definition) is 4. The van der Waals surface area contributed by atoms with Crippen LogP contribution in [0.25, 0.3) is 0 Å². The van der Waals surface area contributed by atoms with Crippen LogP contribution in [0.3, 0.4) is 0 Å². The summed E-state index contributed by atoms with van der Waals surface area (Å²) in [6, 6.07) is 17.7. The van der Waals surface area contributed by atoms with Gasteiger partial charge in [0.15, 0.2) is 0 Å². The normalized spacial score (nSPS) is 12.2. The number of benzene rings is 2. The number of rotatable bonds is 9. The van der Waals surface area contributed by atoms with Crippen LogP contribution in [-0.4, -0.2) is 42.6 Å². The van der Waals surface area contributed by atoms with Crippen LogP contribution in [0.5, 0.6) is 5.75 Å². The van der Waals surface area contributed by atoms with Gasteiger partial charge in [-0.15, -0.1) is 0 Å². The Bertz CT molecular complexity index is 601. The molecule has 0 aliphatic carbocycles. The predicted octanol–water partition coefficient (Wildman–Crippen LogP) is 3.05. The van der Waals surface area contributed by atoms with Gasteiger partial charge in [0.25, 0.3) is 0 Å². The Morgan fingerprint density at radius 2 is 1.67 bits per heavy atom. The number of hydrogen-bond donors (Lipinski definition) is 2. The molecule has 4 nitrogen and oxygen atoms in total. The van der Waals surface area contributed by atoms with E-state index in [1.54, 1.807) is 0 Å². The van der Waals surface area contributed by atoms with Crippen LogP contribution < -0.4 is 9.64 Å². The quantitative estimate of drug-likeness (QED) is 0.742. The van der Waals surface area contributed by atoms with Crippen LogP contribution in [0.2, 0.25) is 0 Å². The molecule has 24 heavy (non-hydrogen) atoms. The van der Waals surface area contributed by atoms with Gasteiger partial charge in [-0.25, -0.2) is 0 Å². The van der Waals surface area contributed by atoms with Gasteiger partial charge in [0.1, 0.15) is 18.5 Å². The van der Waals surface area contributed by atoms with Crippen molar-refractivity contribution in [2.24, 2.45) is 0 Å². The zero-order chi connectivity index (χ0) is 17.4. The highest BCUT2D eigenvalue weighted by atomic mass is 16.5. The summed E-state index contributed by atoms with van der Waals surface area (Å²) in [6.45, 7) is 5.39. The Balaban J connectivity index is 1.95. The summed E-state index contributed by atoms with van der Waals surface area (Å²) in [5, 5.41) is 19.6. The van der Waals surface area contributed by atoms with Crippen molar-refractivity contribution < 1.29 is 14.9 Å². The van der Waals surface area contributed by atoms with E-state index < -0.39 is 6.10 Å². The van der Waals surface area contributed by atoms with Crippen LogP contribution >= 0.6 is 0 Å². The summed E-state index contributed by atoms with van der Waals surface area (Å²) in [5.74, 6) is 1.19. The monoisotopic (exact) mass is 329 g/mol. The smallest absolute Gasteiger partial charge is 0.122 e. The topological polar surface area (TPSA) is 52.9 Å². The first-order chi connectivity index (χ1) is 11.6. The standard InChI is InChI=1S/C20H27NO3/c1-16(2)19-10-6-7-11-20(19)24-15-18(23)14-21(12-13-22)17-8-4-3-5-9-17/h3-11,16,18,22-23H,12-15H2,1-2H3. The Hall–Kier alpha value is -2.04. The highest BCUT2D eigenvalue weighted by Gasteiger charge is 2.14. The van der Waals surface area contributed by atoms with E-state index in [1.807, 2.05) is 53.4 Å². The molecule has 0 bridgehead atoms. The SMILES string of the molecule is CC(C)c1ccccc1OCC(O)CN(CCO)c1ccccc1. The van der Waals surface area contributed by atoms with Gasteiger partial charge in [-0.3, -0.25) is 0 Å². The fraction of sp³-hybridized carbons (Fsp3) is 0.400. The van der Waals surface area contributed by atoms with E-state index in [4.69, 9.17) is 4.74 Å². The van der Waals surface area contributed by atoms with Crippen LogP contribution in [-0.2, 0) is 0 Å². The van der Waals surface area contributed by atoms with Crippen LogP contribution in [0.4, 0.5) is 5.69 Å². The van der Waals surface area contributed by atoms with Gasteiger partial charge < -0.3 is 19.8 Å². The lowest BCUT2D eigenvalue weighted by Crippen LogP contribution is -2.37. The van der Waals surface area contributed by atoms with E-state index in [0.717, 1.165) is 17.0 Å². The molecule has 0 amide bonds. The lowest BCUT2D eigenvalue weighted by Gasteiger charge is -2.27. The van der Waals surface area contributed by atoms with E-state index in [0.29, 0.717) is 19.0 Å². The van der Waals surface area contributed by atoms with Crippen LogP contribution in [0, 0.1) is 0 Å². The second-order valence-corrected chi connectivity index (χ2v) is 6.16. The molecule has 2 N–H and O–H groups in total. The largest absolute Gasteiger partial charge is 0.491 e. The second-order valence-electron chi connectivity index (χ2n) is 6.16. The molecule has 0 aliphatic rings. The molecule has 0 radical (unpaired) electrons. The molecule has 0 fully saturated rings. The average Bonchev–Trinajstić information content (AvgIpc) is 2.60. The summed E-state index contributed by atoms with van der Waals surface area (Å²) >= 11 is 0. The highest BCUT2D eigenvalue weighted by molar-refractivity contribution is 5.46. The number of aliphatic hydroxyl groups excluding tert-OH is 2. The number of aliphatic hydroxyl groups is 2. The minimum atomic E-state index is -0.642. The maximum Gasteiger partial charge on any atom is 0.122 e. The Morgan fingerprint density at radius 1 is 1.00 bits per heavy atom. The summed E-state index contributed by atoms with van der Waals surface area (Å²) < 4.78 is 5.84. The Kier molecular flexibility index (Phi) is 7.09. The molecule has 4 heteroatoms. The molecule has 0 saturated heterocycles. The first-order valence-corrected chi connectivity index (χ1v) is 8.42. The van der Waals surface area contributed by atoms with Crippen molar-refractivity contribution in [2.45, 2.75) is 25.9 Å². The molecule has 0 heterocycles. The third-order valence-electron chi connectivity index (χ3n) is 3.89. The van der Waals surface area contributed by atoms with Crippen molar-refractivity contribution in [1.29, 1.82) is 0 Å². The molecular weight excluding hydrogens is 302 g/mol. The van der Waals surface area contributed by atoms with Gasteiger partial charge >= 0.3 is 0 Å². The zero-order valence-electron chi connectivity index (χ0n) is 14.4. The Labute approximate surface area is 144 Å². The zero-order valence-corrected chi connectivity index (χ0v) is 14.4. The number of nitrogens with zero attached hydrogens (tertiary/aromatic N) is 1. The third kappa shape index (κ3) is 5.25. The molecule has 0 aliphatic heterocycles. The molecule has 1 unspecified atom stereocenters. The van der Waals surface area contributed by atoms with E-state index in [2.05, 4.69) is 19.9 Å². The van der Waals surface area contributed by atoms with E-state index in [9.17, 15) is 10.2 Å². The van der Waals surface area contributed by atoms with Crippen molar-refractivity contribution in [3.63, 3.8) is 0 Å². The third-order valence-corrected chi connectivity index (χ3v) is 3.89. The Morgan fingerprint density at radius 3 is 2.33 bits per heavy atom. The van der Waals surface area contributed by atoms with Gasteiger partial charge in [-0.1, -0.05) is 50.2 Å². The van der Waals surface area contributed by atoms with Crippen LogP contribution in [0.15, 0.2) is 54.6 Å². The molecular formula is C20H27NO3. The van der Waals surface area contributed by atoms with Crippen molar-refractivity contribution in [3.05, 3.63) is 60.2 Å². The first kappa shape index (κ1) is 18.3. The summed E-state index contributed by atoms with van der Waals surface area (Å²) in [5.41, 5.74) is 2.12. The van der Waals surface area contributed by atoms with Gasteiger partial charge in [-0.2, -0.15) is 0 Å². The minimum Gasteiger partial charge on any atom is -0.491 e. The highest BCUT2D eigenvalue weighted by Crippen LogP contribution is 2.26. The van der Waals surface area contributed by atoms with Gasteiger partial charge in [-0.05, 0) is 29.7 Å². The molecule has 0 spiro atoms. The van der Waals surface area contributed by atoms with Crippen molar-refractivity contribution in [1.82, 2.24) is 0 Å². The molecule has 130 valence electrons. The maximum atomic E-state index is 10.4. The molecule has 2 aromatic carbocycles. The maximum absolute atomic E-state index is 10.4. The fourth-order valence-corrected chi connectivity index (χ4v) is 2.67. The van der Waals surface area contributed by atoms with Crippen molar-refractivity contribution >= 4 is 5.69 Å². The van der Waals surface area contributed by atoms with Gasteiger partial charge in [0, 0.05) is 18.8 Å². The van der Waals surface area contributed by atoms with Gasteiger partial charge in [0.2, 0.25) is 0 Å². The molecule has 0 aromatic heterocycles. The number of ether oxygens (including phenoxy) is 1. The van der Waals surface area contributed by atoms with Crippen molar-refractivity contribution in [3.8, 4) is 5.75 Å². The lowest BCUT2D eigenvalue weighted by atomic mass is 10.0. The number of anilines is 1. The first-order valence-electron chi connectivity index (χ1n) is 8.42. The summed E-state index contributed by atoms with van der Waals surface area (Å²) in [7, 11) is 0.